The van der Waals surface area contributed by atoms with Crippen molar-refractivity contribution in [3.63, 3.8) is 0 Å². The number of rotatable bonds is 5. The van der Waals surface area contributed by atoms with Gasteiger partial charge in [-0.3, -0.25) is 9.59 Å². The molecule has 1 aromatic heterocycles. The minimum Gasteiger partial charge on any atom is -0.455 e. The van der Waals surface area contributed by atoms with Crippen LogP contribution in [0.2, 0.25) is 10.0 Å². The standard InChI is InChI=1S/C17H14Cl2N4O4.ClH/c18-12-3-1-10(7-13(12)19)14-4-2-11(27-14)8-21-22-9-16(25)23(17(22)26)15(24)5-6-20;/h1-4,7-8H,5-6,9,20H2;1H/b21-8+;. The lowest BCUT2D eigenvalue weighted by Crippen LogP contribution is -2.38. The van der Waals surface area contributed by atoms with Gasteiger partial charge in [-0.2, -0.15) is 10.0 Å². The SMILES string of the molecule is Cl.NCCC(=O)N1C(=O)CN(/N=C/c2ccc(-c3ccc(Cl)c(Cl)c3)o2)C1=O. The third-order valence-electron chi connectivity index (χ3n) is 3.71. The van der Waals surface area contributed by atoms with Gasteiger partial charge in [-0.05, 0) is 30.3 Å². The first-order valence-corrected chi connectivity index (χ1v) is 8.63. The van der Waals surface area contributed by atoms with Crippen molar-refractivity contribution < 1.29 is 18.8 Å². The number of halogens is 3. The van der Waals surface area contributed by atoms with Crippen molar-refractivity contribution >= 4 is 59.7 Å². The molecule has 0 atom stereocenters. The summed E-state index contributed by atoms with van der Waals surface area (Å²) in [5.74, 6) is -0.418. The Morgan fingerprint density at radius 2 is 1.96 bits per heavy atom. The van der Waals surface area contributed by atoms with Gasteiger partial charge in [0, 0.05) is 18.5 Å². The van der Waals surface area contributed by atoms with Crippen LogP contribution in [0.1, 0.15) is 12.2 Å². The maximum atomic E-state index is 12.1. The van der Waals surface area contributed by atoms with Crippen LogP contribution < -0.4 is 5.73 Å². The van der Waals surface area contributed by atoms with E-state index in [0.717, 1.165) is 10.6 Å². The van der Waals surface area contributed by atoms with Gasteiger partial charge in [0.1, 0.15) is 18.1 Å². The third-order valence-corrected chi connectivity index (χ3v) is 4.45. The van der Waals surface area contributed by atoms with E-state index in [9.17, 15) is 14.4 Å². The van der Waals surface area contributed by atoms with Gasteiger partial charge in [0.25, 0.3) is 5.91 Å². The summed E-state index contributed by atoms with van der Waals surface area (Å²) in [6.45, 7) is -0.283. The molecular formula is C17H15Cl3N4O4. The zero-order valence-electron chi connectivity index (χ0n) is 14.3. The molecule has 0 radical (unpaired) electrons. The van der Waals surface area contributed by atoms with Gasteiger partial charge >= 0.3 is 6.03 Å². The fourth-order valence-electron chi connectivity index (χ4n) is 2.41. The molecule has 0 aliphatic carbocycles. The molecule has 0 bridgehead atoms. The van der Waals surface area contributed by atoms with Crippen LogP contribution in [0.25, 0.3) is 11.3 Å². The molecule has 2 N–H and O–H groups in total. The van der Waals surface area contributed by atoms with E-state index in [1.807, 2.05) is 0 Å². The van der Waals surface area contributed by atoms with Crippen molar-refractivity contribution in [2.75, 3.05) is 13.1 Å². The number of furan rings is 1. The van der Waals surface area contributed by atoms with Crippen LogP contribution in [0.4, 0.5) is 4.79 Å². The number of benzene rings is 1. The Kier molecular flexibility index (Phi) is 7.20. The lowest BCUT2D eigenvalue weighted by molar-refractivity contribution is -0.138. The Hall–Kier alpha value is -2.39. The van der Waals surface area contributed by atoms with Crippen LogP contribution in [-0.2, 0) is 9.59 Å². The number of hydrogen-bond acceptors (Lipinski definition) is 6. The summed E-state index contributed by atoms with van der Waals surface area (Å²) in [6, 6.07) is 7.59. The minimum absolute atomic E-state index is 0. The van der Waals surface area contributed by atoms with Crippen molar-refractivity contribution in [2.45, 2.75) is 6.42 Å². The molecule has 1 aliphatic heterocycles. The Balaban J connectivity index is 0.00000280. The maximum Gasteiger partial charge on any atom is 0.354 e. The van der Waals surface area contributed by atoms with Gasteiger partial charge in [-0.1, -0.05) is 23.2 Å². The van der Waals surface area contributed by atoms with Crippen molar-refractivity contribution in [1.82, 2.24) is 9.91 Å². The molecule has 3 rings (SSSR count). The second kappa shape index (κ2) is 9.20. The minimum atomic E-state index is -0.814. The number of carbonyl (C=O) groups is 3. The van der Waals surface area contributed by atoms with Crippen LogP contribution >= 0.6 is 35.6 Å². The van der Waals surface area contributed by atoms with Gasteiger partial charge in [0.15, 0.2) is 0 Å². The van der Waals surface area contributed by atoms with E-state index in [0.29, 0.717) is 26.5 Å². The molecule has 0 spiro atoms. The van der Waals surface area contributed by atoms with Crippen molar-refractivity contribution in [3.8, 4) is 11.3 Å². The lowest BCUT2D eigenvalue weighted by Gasteiger charge is -2.11. The van der Waals surface area contributed by atoms with Crippen LogP contribution in [0.15, 0.2) is 39.9 Å². The van der Waals surface area contributed by atoms with E-state index >= 15 is 0 Å². The van der Waals surface area contributed by atoms with Crippen LogP contribution in [0, 0.1) is 0 Å². The number of amides is 4. The number of hydrazone groups is 1. The summed E-state index contributed by atoms with van der Waals surface area (Å²) in [7, 11) is 0. The van der Waals surface area contributed by atoms with E-state index in [-0.39, 0.29) is 31.9 Å². The average molecular weight is 446 g/mol. The first kappa shape index (κ1) is 21.9. The van der Waals surface area contributed by atoms with Crippen molar-refractivity contribution in [2.24, 2.45) is 10.8 Å². The Labute approximate surface area is 176 Å². The predicted molar refractivity (Wildman–Crippen MR) is 107 cm³/mol. The highest BCUT2D eigenvalue weighted by Gasteiger charge is 2.40. The van der Waals surface area contributed by atoms with Gasteiger partial charge in [-0.25, -0.2) is 9.80 Å². The van der Waals surface area contributed by atoms with E-state index in [1.165, 1.54) is 6.21 Å². The lowest BCUT2D eigenvalue weighted by atomic mass is 10.2. The van der Waals surface area contributed by atoms with Crippen LogP contribution in [-0.4, -0.2) is 47.1 Å². The fraction of sp³-hybridized carbons (Fsp3) is 0.176. The van der Waals surface area contributed by atoms with E-state index in [1.54, 1.807) is 30.3 Å². The Morgan fingerprint density at radius 3 is 2.64 bits per heavy atom. The fourth-order valence-corrected chi connectivity index (χ4v) is 2.71. The Bertz CT molecular complexity index is 944. The van der Waals surface area contributed by atoms with Crippen LogP contribution in [0.3, 0.4) is 0 Å². The second-order valence-corrected chi connectivity index (χ2v) is 6.39. The number of hydrogen-bond donors (Lipinski definition) is 1. The quantitative estimate of drug-likeness (QED) is 0.561. The maximum absolute atomic E-state index is 12.1. The van der Waals surface area contributed by atoms with Gasteiger partial charge in [-0.15, -0.1) is 12.4 Å². The number of nitrogens with zero attached hydrogens (tertiary/aromatic N) is 3. The van der Waals surface area contributed by atoms with Gasteiger partial charge < -0.3 is 10.2 Å². The molecular weight excluding hydrogens is 431 g/mol. The highest BCUT2D eigenvalue weighted by molar-refractivity contribution is 6.42. The summed E-state index contributed by atoms with van der Waals surface area (Å²) >= 11 is 11.9. The van der Waals surface area contributed by atoms with Gasteiger partial charge in [0.05, 0.1) is 16.3 Å². The third kappa shape index (κ3) is 4.53. The zero-order valence-corrected chi connectivity index (χ0v) is 16.6. The molecule has 11 heteroatoms. The molecule has 1 saturated heterocycles. The first-order valence-electron chi connectivity index (χ1n) is 7.87. The largest absolute Gasteiger partial charge is 0.455 e. The summed E-state index contributed by atoms with van der Waals surface area (Å²) in [4.78, 5) is 36.3. The molecule has 0 saturated carbocycles. The number of nitrogens with two attached hydrogens (primary N) is 1. The zero-order chi connectivity index (χ0) is 19.6. The predicted octanol–water partition coefficient (Wildman–Crippen LogP) is 3.15. The molecule has 1 aliphatic rings. The van der Waals surface area contributed by atoms with Gasteiger partial charge in [0.2, 0.25) is 5.91 Å². The summed E-state index contributed by atoms with van der Waals surface area (Å²) in [5, 5.41) is 5.64. The summed E-state index contributed by atoms with van der Waals surface area (Å²) in [6.07, 6.45) is 1.18. The summed E-state index contributed by atoms with van der Waals surface area (Å²) in [5.41, 5.74) is 6.00. The highest BCUT2D eigenvalue weighted by Crippen LogP contribution is 2.29. The number of carbonyl (C=O) groups excluding carboxylic acids is 3. The van der Waals surface area contributed by atoms with E-state index < -0.39 is 17.8 Å². The Morgan fingerprint density at radius 1 is 1.21 bits per heavy atom. The van der Waals surface area contributed by atoms with E-state index in [4.69, 9.17) is 33.4 Å². The topological polar surface area (TPSA) is 109 Å². The average Bonchev–Trinajstić information content (AvgIpc) is 3.20. The van der Waals surface area contributed by atoms with Crippen LogP contribution in [0.5, 0.6) is 0 Å². The molecule has 148 valence electrons. The molecule has 2 heterocycles. The molecule has 1 aromatic carbocycles. The number of urea groups is 1. The highest BCUT2D eigenvalue weighted by atomic mass is 35.5. The first-order chi connectivity index (χ1) is 12.9. The monoisotopic (exact) mass is 444 g/mol. The second-order valence-electron chi connectivity index (χ2n) is 5.58. The molecule has 0 unspecified atom stereocenters. The van der Waals surface area contributed by atoms with Crippen molar-refractivity contribution in [1.29, 1.82) is 0 Å². The van der Waals surface area contributed by atoms with Crippen molar-refractivity contribution in [3.05, 3.63) is 46.1 Å². The molecule has 4 amide bonds. The molecule has 2 aromatic rings. The van der Waals surface area contributed by atoms with E-state index in [2.05, 4.69) is 5.10 Å². The smallest absolute Gasteiger partial charge is 0.354 e. The normalized spacial score (nSPS) is 14.1. The molecule has 1 fully saturated rings. The molecule has 8 nitrogen and oxygen atoms in total. The number of imide groups is 3. The molecule has 28 heavy (non-hydrogen) atoms. The summed E-state index contributed by atoms with van der Waals surface area (Å²) < 4.78 is 5.63.